The van der Waals surface area contributed by atoms with Crippen LogP contribution in [0.5, 0.6) is 17.2 Å². The number of rotatable bonds is 7. The van der Waals surface area contributed by atoms with Gasteiger partial charge in [-0.1, -0.05) is 12.1 Å². The van der Waals surface area contributed by atoms with Gasteiger partial charge in [-0.15, -0.1) is 0 Å². The summed E-state index contributed by atoms with van der Waals surface area (Å²) < 4.78 is 16.3. The minimum absolute atomic E-state index is 0.107. The van der Waals surface area contributed by atoms with E-state index in [1.54, 1.807) is 14.2 Å². The molecule has 0 saturated carbocycles. The summed E-state index contributed by atoms with van der Waals surface area (Å²) >= 11 is 0. The van der Waals surface area contributed by atoms with Crippen LogP contribution < -0.4 is 19.5 Å². The van der Waals surface area contributed by atoms with Gasteiger partial charge >= 0.3 is 0 Å². The molecule has 0 aliphatic rings. The lowest BCUT2D eigenvalue weighted by atomic mass is 10.2. The number of hydrogen-bond donors (Lipinski definition) is 1. The molecule has 0 radical (unpaired) electrons. The zero-order valence-corrected chi connectivity index (χ0v) is 13.6. The third kappa shape index (κ3) is 4.32. The van der Waals surface area contributed by atoms with Crippen LogP contribution in [0.1, 0.15) is 19.4 Å². The van der Waals surface area contributed by atoms with E-state index in [2.05, 4.69) is 5.32 Å². The van der Waals surface area contributed by atoms with Gasteiger partial charge in [0.2, 0.25) is 0 Å². The van der Waals surface area contributed by atoms with Crippen molar-refractivity contribution < 1.29 is 14.2 Å². The van der Waals surface area contributed by atoms with Crippen LogP contribution in [-0.2, 0) is 6.54 Å². The van der Waals surface area contributed by atoms with Crippen LogP contribution in [0.25, 0.3) is 0 Å². The molecule has 0 heterocycles. The summed E-state index contributed by atoms with van der Waals surface area (Å²) in [4.78, 5) is 0. The average molecular weight is 301 g/mol. The SMILES string of the molecule is COc1cccc(NCc2ccc(OC)c(OC(C)C)c2)c1. The first kappa shape index (κ1) is 16.0. The zero-order valence-electron chi connectivity index (χ0n) is 13.6. The van der Waals surface area contributed by atoms with Crippen LogP contribution in [0.15, 0.2) is 42.5 Å². The Morgan fingerprint density at radius 3 is 2.45 bits per heavy atom. The van der Waals surface area contributed by atoms with Crippen LogP contribution >= 0.6 is 0 Å². The lowest BCUT2D eigenvalue weighted by Gasteiger charge is -2.15. The van der Waals surface area contributed by atoms with E-state index in [0.717, 1.165) is 28.5 Å². The molecule has 2 aromatic rings. The summed E-state index contributed by atoms with van der Waals surface area (Å²) in [5.41, 5.74) is 2.14. The summed E-state index contributed by atoms with van der Waals surface area (Å²) in [5.74, 6) is 2.35. The van der Waals surface area contributed by atoms with E-state index in [1.165, 1.54) is 0 Å². The van der Waals surface area contributed by atoms with Gasteiger partial charge in [0, 0.05) is 18.3 Å². The number of nitrogens with one attached hydrogen (secondary N) is 1. The Labute approximate surface area is 132 Å². The molecule has 0 spiro atoms. The van der Waals surface area contributed by atoms with Crippen molar-refractivity contribution in [2.24, 2.45) is 0 Å². The van der Waals surface area contributed by atoms with Gasteiger partial charge in [0.25, 0.3) is 0 Å². The molecular formula is C18H23NO3. The Morgan fingerprint density at radius 2 is 1.77 bits per heavy atom. The highest BCUT2D eigenvalue weighted by Crippen LogP contribution is 2.29. The second kappa shape index (κ2) is 7.59. The predicted molar refractivity (Wildman–Crippen MR) is 89.1 cm³/mol. The maximum absolute atomic E-state index is 5.79. The molecule has 0 bridgehead atoms. The van der Waals surface area contributed by atoms with E-state index >= 15 is 0 Å². The van der Waals surface area contributed by atoms with Gasteiger partial charge in [-0.25, -0.2) is 0 Å². The molecule has 4 heteroatoms. The van der Waals surface area contributed by atoms with Crippen molar-refractivity contribution in [2.45, 2.75) is 26.5 Å². The van der Waals surface area contributed by atoms with Crippen molar-refractivity contribution in [3.05, 3.63) is 48.0 Å². The molecule has 0 aromatic heterocycles. The smallest absolute Gasteiger partial charge is 0.161 e. The molecule has 0 fully saturated rings. The molecule has 2 rings (SSSR count). The number of methoxy groups -OCH3 is 2. The van der Waals surface area contributed by atoms with Crippen LogP contribution in [0, 0.1) is 0 Å². The van der Waals surface area contributed by atoms with Gasteiger partial charge in [0.15, 0.2) is 11.5 Å². The Kier molecular flexibility index (Phi) is 5.53. The lowest BCUT2D eigenvalue weighted by molar-refractivity contribution is 0.230. The quantitative estimate of drug-likeness (QED) is 0.835. The fraction of sp³-hybridized carbons (Fsp3) is 0.333. The normalized spacial score (nSPS) is 10.4. The van der Waals surface area contributed by atoms with Gasteiger partial charge < -0.3 is 19.5 Å². The molecular weight excluding hydrogens is 278 g/mol. The van der Waals surface area contributed by atoms with Gasteiger partial charge in [0.1, 0.15) is 5.75 Å². The second-order valence-electron chi connectivity index (χ2n) is 5.24. The molecule has 0 atom stereocenters. The third-order valence-electron chi connectivity index (χ3n) is 3.16. The van der Waals surface area contributed by atoms with E-state index in [-0.39, 0.29) is 6.10 Å². The molecule has 1 N–H and O–H groups in total. The number of anilines is 1. The highest BCUT2D eigenvalue weighted by Gasteiger charge is 2.07. The molecule has 118 valence electrons. The monoisotopic (exact) mass is 301 g/mol. The van der Waals surface area contributed by atoms with Crippen LogP contribution in [-0.4, -0.2) is 20.3 Å². The fourth-order valence-corrected chi connectivity index (χ4v) is 2.11. The lowest BCUT2D eigenvalue weighted by Crippen LogP contribution is -2.07. The van der Waals surface area contributed by atoms with Crippen molar-refractivity contribution in [1.82, 2.24) is 0 Å². The molecule has 22 heavy (non-hydrogen) atoms. The molecule has 2 aromatic carbocycles. The summed E-state index contributed by atoms with van der Waals surface area (Å²) in [6, 6.07) is 13.8. The summed E-state index contributed by atoms with van der Waals surface area (Å²) in [6.45, 7) is 4.70. The minimum Gasteiger partial charge on any atom is -0.497 e. The maximum Gasteiger partial charge on any atom is 0.161 e. The van der Waals surface area contributed by atoms with Crippen LogP contribution in [0.3, 0.4) is 0 Å². The summed E-state index contributed by atoms with van der Waals surface area (Å²) in [5, 5.41) is 3.38. The van der Waals surface area contributed by atoms with Gasteiger partial charge in [-0.05, 0) is 43.7 Å². The van der Waals surface area contributed by atoms with Crippen molar-refractivity contribution in [3.8, 4) is 17.2 Å². The minimum atomic E-state index is 0.107. The predicted octanol–water partition coefficient (Wildman–Crippen LogP) is 4.10. The topological polar surface area (TPSA) is 39.7 Å². The largest absolute Gasteiger partial charge is 0.497 e. The fourth-order valence-electron chi connectivity index (χ4n) is 2.11. The third-order valence-corrected chi connectivity index (χ3v) is 3.16. The number of hydrogen-bond acceptors (Lipinski definition) is 4. The first-order chi connectivity index (χ1) is 10.6. The van der Waals surface area contributed by atoms with E-state index in [0.29, 0.717) is 6.54 Å². The first-order valence-corrected chi connectivity index (χ1v) is 7.34. The van der Waals surface area contributed by atoms with Crippen molar-refractivity contribution >= 4 is 5.69 Å². The summed E-state index contributed by atoms with van der Waals surface area (Å²) in [7, 11) is 3.31. The number of benzene rings is 2. The molecule has 0 aliphatic heterocycles. The highest BCUT2D eigenvalue weighted by atomic mass is 16.5. The molecule has 0 saturated heterocycles. The van der Waals surface area contributed by atoms with E-state index in [1.807, 2.05) is 56.3 Å². The average Bonchev–Trinajstić information content (AvgIpc) is 2.53. The van der Waals surface area contributed by atoms with Crippen molar-refractivity contribution in [2.75, 3.05) is 19.5 Å². The van der Waals surface area contributed by atoms with E-state index < -0.39 is 0 Å². The standard InChI is InChI=1S/C18H23NO3/c1-13(2)22-18-10-14(8-9-17(18)21-4)12-19-15-6-5-7-16(11-15)20-3/h5-11,13,19H,12H2,1-4H3. The second-order valence-corrected chi connectivity index (χ2v) is 5.24. The maximum atomic E-state index is 5.79. The molecule has 4 nitrogen and oxygen atoms in total. The Hall–Kier alpha value is -2.36. The van der Waals surface area contributed by atoms with E-state index in [4.69, 9.17) is 14.2 Å². The van der Waals surface area contributed by atoms with Crippen molar-refractivity contribution in [3.63, 3.8) is 0 Å². The van der Waals surface area contributed by atoms with Gasteiger partial charge in [-0.3, -0.25) is 0 Å². The summed E-state index contributed by atoms with van der Waals surface area (Å²) in [6.07, 6.45) is 0.107. The molecule has 0 aliphatic carbocycles. The van der Waals surface area contributed by atoms with E-state index in [9.17, 15) is 0 Å². The Bertz CT molecular complexity index is 611. The van der Waals surface area contributed by atoms with Gasteiger partial charge in [-0.2, -0.15) is 0 Å². The van der Waals surface area contributed by atoms with Crippen LogP contribution in [0.2, 0.25) is 0 Å². The molecule has 0 unspecified atom stereocenters. The number of ether oxygens (including phenoxy) is 3. The Morgan fingerprint density at radius 1 is 0.955 bits per heavy atom. The van der Waals surface area contributed by atoms with Gasteiger partial charge in [0.05, 0.1) is 20.3 Å². The Balaban J connectivity index is 2.08. The van der Waals surface area contributed by atoms with Crippen LogP contribution in [0.4, 0.5) is 5.69 Å². The molecule has 0 amide bonds. The first-order valence-electron chi connectivity index (χ1n) is 7.34. The zero-order chi connectivity index (χ0) is 15.9. The van der Waals surface area contributed by atoms with Crippen molar-refractivity contribution in [1.29, 1.82) is 0 Å². The highest BCUT2D eigenvalue weighted by molar-refractivity contribution is 5.49.